The van der Waals surface area contributed by atoms with Gasteiger partial charge in [-0.15, -0.1) is 0 Å². The lowest BCUT2D eigenvalue weighted by Crippen LogP contribution is -2.45. The number of nitrogens with zero attached hydrogens (tertiary/aromatic N) is 2. The van der Waals surface area contributed by atoms with Gasteiger partial charge in [-0.05, 0) is 45.6 Å². The van der Waals surface area contributed by atoms with Crippen LogP contribution in [0.25, 0.3) is 0 Å². The largest absolute Gasteiger partial charge is 0.469 e. The number of hydrogen-bond acceptors (Lipinski definition) is 4. The summed E-state index contributed by atoms with van der Waals surface area (Å²) in [4.78, 5) is 28.1. The summed E-state index contributed by atoms with van der Waals surface area (Å²) in [6, 6.07) is 0. The summed E-state index contributed by atoms with van der Waals surface area (Å²) in [5.74, 6) is -0.0912. The summed E-state index contributed by atoms with van der Waals surface area (Å²) in [6.07, 6.45) is 7.21. The van der Waals surface area contributed by atoms with E-state index >= 15 is 0 Å². The lowest BCUT2D eigenvalue weighted by atomic mass is 9.98. The van der Waals surface area contributed by atoms with E-state index in [-0.39, 0.29) is 17.8 Å². The van der Waals surface area contributed by atoms with Crippen LogP contribution < -0.4 is 0 Å². The summed E-state index contributed by atoms with van der Waals surface area (Å²) >= 11 is 0. The Labute approximate surface area is 126 Å². The number of methoxy groups -OCH3 is 1. The molecule has 5 heteroatoms. The van der Waals surface area contributed by atoms with Gasteiger partial charge < -0.3 is 9.64 Å². The van der Waals surface area contributed by atoms with Crippen LogP contribution in [0, 0.1) is 5.92 Å². The van der Waals surface area contributed by atoms with Gasteiger partial charge >= 0.3 is 5.97 Å². The number of carbonyl (C=O) groups is 2. The maximum absolute atomic E-state index is 12.5. The Kier molecular flexibility index (Phi) is 5.79. The van der Waals surface area contributed by atoms with Crippen LogP contribution in [0.3, 0.4) is 0 Å². The van der Waals surface area contributed by atoms with Crippen LogP contribution >= 0.6 is 0 Å². The first-order chi connectivity index (χ1) is 10.2. The number of esters is 1. The molecule has 1 unspecified atom stereocenters. The number of likely N-dealkylation sites (tertiary alicyclic amines) is 1. The highest BCUT2D eigenvalue weighted by molar-refractivity contribution is 5.80. The number of carbonyl (C=O) groups excluding carboxylic acids is 2. The fourth-order valence-corrected chi connectivity index (χ4v) is 3.27. The third-order valence-electron chi connectivity index (χ3n) is 4.38. The van der Waals surface area contributed by atoms with E-state index in [4.69, 9.17) is 4.74 Å². The van der Waals surface area contributed by atoms with Crippen molar-refractivity contribution in [2.75, 3.05) is 33.3 Å². The molecule has 0 saturated carbocycles. The Bertz CT molecular complexity index is 420. The van der Waals surface area contributed by atoms with E-state index in [0.29, 0.717) is 13.1 Å². The molecule has 5 nitrogen and oxygen atoms in total. The molecule has 1 heterocycles. The first-order valence-electron chi connectivity index (χ1n) is 7.95. The molecule has 0 aromatic heterocycles. The van der Waals surface area contributed by atoms with E-state index in [2.05, 4.69) is 11.0 Å². The van der Waals surface area contributed by atoms with Gasteiger partial charge in [0.2, 0.25) is 5.91 Å². The molecule has 1 aliphatic heterocycles. The zero-order valence-corrected chi connectivity index (χ0v) is 13.1. The van der Waals surface area contributed by atoms with Gasteiger partial charge in [-0.25, -0.2) is 0 Å². The van der Waals surface area contributed by atoms with Crippen LogP contribution in [0.2, 0.25) is 0 Å². The van der Waals surface area contributed by atoms with Gasteiger partial charge in [0.05, 0.1) is 19.6 Å². The molecule has 0 spiro atoms. The minimum absolute atomic E-state index is 0.0858. The van der Waals surface area contributed by atoms with E-state index in [9.17, 15) is 9.59 Å². The van der Waals surface area contributed by atoms with E-state index < -0.39 is 0 Å². The normalized spacial score (nSPS) is 22.8. The molecule has 118 valence electrons. The zero-order chi connectivity index (χ0) is 15.2. The molecule has 0 aromatic carbocycles. The average Bonchev–Trinajstić information content (AvgIpc) is 3.01. The van der Waals surface area contributed by atoms with Crippen molar-refractivity contribution in [2.45, 2.75) is 39.0 Å². The third-order valence-corrected chi connectivity index (χ3v) is 4.38. The summed E-state index contributed by atoms with van der Waals surface area (Å²) in [7, 11) is 1.43. The summed E-state index contributed by atoms with van der Waals surface area (Å²) in [5, 5.41) is 0. The Balaban J connectivity index is 1.90. The van der Waals surface area contributed by atoms with Crippen molar-refractivity contribution < 1.29 is 14.3 Å². The molecule has 2 rings (SSSR count). The van der Waals surface area contributed by atoms with Crippen LogP contribution in [0.1, 0.15) is 39.0 Å². The number of hydrogen-bond donors (Lipinski definition) is 0. The molecule has 21 heavy (non-hydrogen) atoms. The summed E-state index contributed by atoms with van der Waals surface area (Å²) in [5.41, 5.74) is 1.17. The third kappa shape index (κ3) is 4.06. The second-order valence-electron chi connectivity index (χ2n) is 5.82. The summed E-state index contributed by atoms with van der Waals surface area (Å²) < 4.78 is 4.82. The lowest BCUT2D eigenvalue weighted by Gasteiger charge is -2.32. The van der Waals surface area contributed by atoms with E-state index in [0.717, 1.165) is 45.2 Å². The molecule has 1 atom stereocenters. The highest BCUT2D eigenvalue weighted by atomic mass is 16.5. The minimum atomic E-state index is -0.155. The van der Waals surface area contributed by atoms with Crippen LogP contribution in [0.15, 0.2) is 11.8 Å². The van der Waals surface area contributed by atoms with Gasteiger partial charge in [-0.2, -0.15) is 0 Å². The molecule has 2 aliphatic rings. The van der Waals surface area contributed by atoms with Crippen LogP contribution in [-0.2, 0) is 14.3 Å². The molecule has 0 radical (unpaired) electrons. The van der Waals surface area contributed by atoms with Gasteiger partial charge in [0.15, 0.2) is 0 Å². The second-order valence-corrected chi connectivity index (χ2v) is 5.82. The van der Waals surface area contributed by atoms with Gasteiger partial charge in [-0.3, -0.25) is 14.5 Å². The van der Waals surface area contributed by atoms with Crippen molar-refractivity contribution in [3.05, 3.63) is 11.8 Å². The zero-order valence-electron chi connectivity index (χ0n) is 13.1. The fourth-order valence-electron chi connectivity index (χ4n) is 3.27. The molecule has 1 aliphatic carbocycles. The van der Waals surface area contributed by atoms with Crippen molar-refractivity contribution in [2.24, 2.45) is 5.92 Å². The maximum Gasteiger partial charge on any atom is 0.309 e. The van der Waals surface area contributed by atoms with Crippen LogP contribution in [0.5, 0.6) is 0 Å². The molecule has 1 fully saturated rings. The molecule has 0 bridgehead atoms. The number of allylic oxidation sites excluding steroid dienone is 2. The molecule has 1 saturated heterocycles. The second kappa shape index (κ2) is 7.59. The standard InChI is InChI=1S/C16H26N2O3/c1-3-18(14-8-4-5-9-14)15(19)12-17-10-6-7-13(11-17)16(20)21-2/h8,13H,3-7,9-12H2,1-2H3. The number of ether oxygens (including phenoxy) is 1. The van der Waals surface area contributed by atoms with E-state index in [1.807, 2.05) is 11.8 Å². The van der Waals surface area contributed by atoms with Crippen molar-refractivity contribution >= 4 is 11.9 Å². The highest BCUT2D eigenvalue weighted by Gasteiger charge is 2.29. The Morgan fingerprint density at radius 3 is 2.86 bits per heavy atom. The maximum atomic E-state index is 12.5. The molecule has 1 amide bonds. The van der Waals surface area contributed by atoms with Crippen LogP contribution in [-0.4, -0.2) is 55.0 Å². The summed E-state index contributed by atoms with van der Waals surface area (Å²) in [6.45, 7) is 4.66. The predicted molar refractivity (Wildman–Crippen MR) is 80.5 cm³/mol. The van der Waals surface area contributed by atoms with E-state index in [1.54, 1.807) is 0 Å². The smallest absolute Gasteiger partial charge is 0.309 e. The first-order valence-corrected chi connectivity index (χ1v) is 7.95. The van der Waals surface area contributed by atoms with Gasteiger partial charge in [0.25, 0.3) is 0 Å². The lowest BCUT2D eigenvalue weighted by molar-refractivity contribution is -0.148. The molecule has 0 N–H and O–H groups in total. The van der Waals surface area contributed by atoms with E-state index in [1.165, 1.54) is 12.8 Å². The number of rotatable bonds is 5. The van der Waals surface area contributed by atoms with Crippen molar-refractivity contribution in [1.82, 2.24) is 9.80 Å². The van der Waals surface area contributed by atoms with Gasteiger partial charge in [0, 0.05) is 18.8 Å². The Morgan fingerprint density at radius 1 is 1.43 bits per heavy atom. The van der Waals surface area contributed by atoms with Crippen molar-refractivity contribution in [3.8, 4) is 0 Å². The first kappa shape index (κ1) is 16.0. The SMILES string of the molecule is CCN(C(=O)CN1CCCC(C(=O)OC)C1)C1=CCCC1. The molecular formula is C16H26N2O3. The topological polar surface area (TPSA) is 49.9 Å². The van der Waals surface area contributed by atoms with Gasteiger partial charge in [0.1, 0.15) is 0 Å². The fraction of sp³-hybridized carbons (Fsp3) is 0.750. The number of piperidine rings is 1. The average molecular weight is 294 g/mol. The number of amides is 1. The Morgan fingerprint density at radius 2 is 2.24 bits per heavy atom. The van der Waals surface area contributed by atoms with Crippen molar-refractivity contribution in [1.29, 1.82) is 0 Å². The predicted octanol–water partition coefficient (Wildman–Crippen LogP) is 1.79. The number of likely N-dealkylation sites (N-methyl/N-ethyl adjacent to an activating group) is 1. The van der Waals surface area contributed by atoms with Crippen molar-refractivity contribution in [3.63, 3.8) is 0 Å². The highest BCUT2D eigenvalue weighted by Crippen LogP contribution is 2.22. The van der Waals surface area contributed by atoms with Crippen LogP contribution in [0.4, 0.5) is 0 Å². The molecule has 0 aromatic rings. The Hall–Kier alpha value is -1.36. The van der Waals surface area contributed by atoms with Gasteiger partial charge in [-0.1, -0.05) is 6.08 Å². The monoisotopic (exact) mass is 294 g/mol. The molecular weight excluding hydrogens is 268 g/mol. The minimum Gasteiger partial charge on any atom is -0.469 e. The quantitative estimate of drug-likeness (QED) is 0.725.